The summed E-state index contributed by atoms with van der Waals surface area (Å²) in [6.45, 7) is 5.72. The largest absolute Gasteiger partial charge is 0.392 e. The Bertz CT molecular complexity index is 390. The van der Waals surface area contributed by atoms with Crippen LogP contribution in [0.15, 0.2) is 22.7 Å². The number of aliphatic hydroxyl groups excluding tert-OH is 1. The Balaban J connectivity index is 2.40. The van der Waals surface area contributed by atoms with Crippen molar-refractivity contribution in [1.29, 1.82) is 0 Å². The number of aliphatic hydroxyl groups is 1. The molecule has 88 valence electrons. The summed E-state index contributed by atoms with van der Waals surface area (Å²) >= 11 is 3.44. The van der Waals surface area contributed by atoms with Gasteiger partial charge in [0.15, 0.2) is 0 Å². The van der Waals surface area contributed by atoms with Gasteiger partial charge in [0.1, 0.15) is 0 Å². The molecule has 1 aromatic carbocycles. The van der Waals surface area contributed by atoms with Gasteiger partial charge in [-0.2, -0.15) is 0 Å². The van der Waals surface area contributed by atoms with E-state index in [9.17, 15) is 5.11 Å². The third kappa shape index (κ3) is 2.11. The van der Waals surface area contributed by atoms with Gasteiger partial charge < -0.3 is 10.0 Å². The van der Waals surface area contributed by atoms with Gasteiger partial charge in [0.25, 0.3) is 0 Å². The molecule has 0 bridgehead atoms. The van der Waals surface area contributed by atoms with Crippen LogP contribution in [0.2, 0.25) is 0 Å². The van der Waals surface area contributed by atoms with E-state index in [2.05, 4.69) is 40.7 Å². The molecule has 0 aliphatic carbocycles. The summed E-state index contributed by atoms with van der Waals surface area (Å²) in [5.74, 6) is 0. The molecule has 1 aliphatic heterocycles. The minimum absolute atomic E-state index is 0.0986. The molecule has 0 unspecified atom stereocenters. The van der Waals surface area contributed by atoms with Crippen molar-refractivity contribution in [2.75, 3.05) is 11.4 Å². The highest BCUT2D eigenvalue weighted by Crippen LogP contribution is 2.36. The molecule has 1 saturated heterocycles. The van der Waals surface area contributed by atoms with Crippen molar-refractivity contribution in [1.82, 2.24) is 0 Å². The average molecular weight is 284 g/mol. The van der Waals surface area contributed by atoms with Gasteiger partial charge in [-0.05, 0) is 44.9 Å². The van der Waals surface area contributed by atoms with Gasteiger partial charge in [0.05, 0.1) is 6.61 Å². The molecule has 0 spiro atoms. The topological polar surface area (TPSA) is 23.5 Å². The summed E-state index contributed by atoms with van der Waals surface area (Å²) in [5, 5.41) is 9.43. The van der Waals surface area contributed by atoms with Crippen LogP contribution in [-0.4, -0.2) is 17.2 Å². The first-order valence-electron chi connectivity index (χ1n) is 5.71. The van der Waals surface area contributed by atoms with Crippen LogP contribution in [0.1, 0.15) is 32.3 Å². The molecule has 3 heteroatoms. The standard InChI is InChI=1S/C13H18BrNO/c1-13(2)6-3-7-15(13)12-5-4-11(14)8-10(12)9-16/h4-5,8,16H,3,6-7,9H2,1-2H3. The normalized spacial score (nSPS) is 19.1. The maximum atomic E-state index is 9.43. The first-order valence-corrected chi connectivity index (χ1v) is 6.51. The monoisotopic (exact) mass is 283 g/mol. The van der Waals surface area contributed by atoms with Crippen LogP contribution in [0.4, 0.5) is 5.69 Å². The zero-order chi connectivity index (χ0) is 11.8. The number of halogens is 1. The summed E-state index contributed by atoms with van der Waals surface area (Å²) in [5.41, 5.74) is 2.38. The smallest absolute Gasteiger partial charge is 0.0702 e. The molecule has 0 atom stereocenters. The van der Waals surface area contributed by atoms with E-state index in [0.29, 0.717) is 0 Å². The fourth-order valence-electron chi connectivity index (χ4n) is 2.50. The molecule has 1 heterocycles. The number of rotatable bonds is 2. The highest BCUT2D eigenvalue weighted by Gasteiger charge is 2.32. The van der Waals surface area contributed by atoms with Gasteiger partial charge in [0.2, 0.25) is 0 Å². The van der Waals surface area contributed by atoms with Crippen LogP contribution >= 0.6 is 15.9 Å². The molecule has 0 radical (unpaired) electrons. The fraction of sp³-hybridized carbons (Fsp3) is 0.538. The molecule has 0 saturated carbocycles. The Morgan fingerprint density at radius 1 is 1.44 bits per heavy atom. The molecule has 1 aliphatic rings. The van der Waals surface area contributed by atoms with Gasteiger partial charge in [-0.1, -0.05) is 15.9 Å². The number of benzene rings is 1. The molecule has 1 fully saturated rings. The summed E-state index contributed by atoms with van der Waals surface area (Å²) in [6, 6.07) is 6.15. The quantitative estimate of drug-likeness (QED) is 0.900. The summed E-state index contributed by atoms with van der Waals surface area (Å²) < 4.78 is 1.03. The molecule has 1 N–H and O–H groups in total. The summed E-state index contributed by atoms with van der Waals surface area (Å²) in [4.78, 5) is 2.41. The zero-order valence-electron chi connectivity index (χ0n) is 9.83. The van der Waals surface area contributed by atoms with Crippen LogP contribution in [0.25, 0.3) is 0 Å². The first kappa shape index (κ1) is 11.9. The van der Waals surface area contributed by atoms with E-state index in [4.69, 9.17) is 0 Å². The Hall–Kier alpha value is -0.540. The van der Waals surface area contributed by atoms with Crippen molar-refractivity contribution < 1.29 is 5.11 Å². The van der Waals surface area contributed by atoms with Crippen LogP contribution < -0.4 is 4.90 Å². The van der Waals surface area contributed by atoms with E-state index in [-0.39, 0.29) is 12.1 Å². The average Bonchev–Trinajstić information content (AvgIpc) is 2.58. The highest BCUT2D eigenvalue weighted by molar-refractivity contribution is 9.10. The van der Waals surface area contributed by atoms with E-state index < -0.39 is 0 Å². The summed E-state index contributed by atoms with van der Waals surface area (Å²) in [6.07, 6.45) is 2.45. The second-order valence-electron chi connectivity index (χ2n) is 5.00. The van der Waals surface area contributed by atoms with Crippen LogP contribution in [0.3, 0.4) is 0 Å². The minimum atomic E-state index is 0.0986. The zero-order valence-corrected chi connectivity index (χ0v) is 11.4. The molecule has 2 rings (SSSR count). The predicted octanol–water partition coefficient (Wildman–Crippen LogP) is 3.32. The second-order valence-corrected chi connectivity index (χ2v) is 5.91. The van der Waals surface area contributed by atoms with Gasteiger partial charge in [-0.25, -0.2) is 0 Å². The lowest BCUT2D eigenvalue weighted by Crippen LogP contribution is -2.38. The molecule has 16 heavy (non-hydrogen) atoms. The van der Waals surface area contributed by atoms with Crippen molar-refractivity contribution >= 4 is 21.6 Å². The Morgan fingerprint density at radius 3 is 2.75 bits per heavy atom. The number of nitrogens with zero attached hydrogens (tertiary/aromatic N) is 1. The van der Waals surface area contributed by atoms with Crippen LogP contribution in [0, 0.1) is 0 Å². The number of hydrogen-bond donors (Lipinski definition) is 1. The third-order valence-corrected chi connectivity index (χ3v) is 3.90. The predicted molar refractivity (Wildman–Crippen MR) is 70.7 cm³/mol. The van der Waals surface area contributed by atoms with Crippen molar-refractivity contribution in [3.05, 3.63) is 28.2 Å². The number of anilines is 1. The maximum Gasteiger partial charge on any atom is 0.0702 e. The van der Waals surface area contributed by atoms with Gasteiger partial charge in [-0.3, -0.25) is 0 Å². The highest BCUT2D eigenvalue weighted by atomic mass is 79.9. The lowest BCUT2D eigenvalue weighted by Gasteiger charge is -2.35. The molecular weight excluding hydrogens is 266 g/mol. The van der Waals surface area contributed by atoms with Crippen LogP contribution in [-0.2, 0) is 6.61 Å². The molecule has 0 aromatic heterocycles. The number of hydrogen-bond acceptors (Lipinski definition) is 2. The van der Waals surface area contributed by atoms with E-state index >= 15 is 0 Å². The van der Waals surface area contributed by atoms with E-state index in [1.54, 1.807) is 0 Å². The van der Waals surface area contributed by atoms with E-state index in [0.717, 1.165) is 16.6 Å². The maximum absolute atomic E-state index is 9.43. The third-order valence-electron chi connectivity index (χ3n) is 3.40. The van der Waals surface area contributed by atoms with E-state index in [1.807, 2.05) is 12.1 Å². The van der Waals surface area contributed by atoms with Crippen molar-refractivity contribution in [2.24, 2.45) is 0 Å². The lowest BCUT2D eigenvalue weighted by molar-refractivity contribution is 0.281. The Morgan fingerprint density at radius 2 is 2.19 bits per heavy atom. The van der Waals surface area contributed by atoms with Gasteiger partial charge in [0, 0.05) is 27.8 Å². The molecule has 2 nitrogen and oxygen atoms in total. The summed E-state index contributed by atoms with van der Waals surface area (Å²) in [7, 11) is 0. The Kier molecular flexibility index (Phi) is 3.27. The van der Waals surface area contributed by atoms with Crippen molar-refractivity contribution in [3.8, 4) is 0 Å². The second kappa shape index (κ2) is 4.38. The SMILES string of the molecule is CC1(C)CCCN1c1ccc(Br)cc1CO. The van der Waals surface area contributed by atoms with E-state index in [1.165, 1.54) is 18.5 Å². The van der Waals surface area contributed by atoms with Gasteiger partial charge in [-0.15, -0.1) is 0 Å². The lowest BCUT2D eigenvalue weighted by atomic mass is 10.0. The fourth-order valence-corrected chi connectivity index (χ4v) is 2.91. The first-order chi connectivity index (χ1) is 7.54. The molecule has 0 amide bonds. The van der Waals surface area contributed by atoms with Gasteiger partial charge >= 0.3 is 0 Å². The Labute approximate surface area is 105 Å². The van der Waals surface area contributed by atoms with Crippen LogP contribution in [0.5, 0.6) is 0 Å². The van der Waals surface area contributed by atoms with Crippen molar-refractivity contribution in [3.63, 3.8) is 0 Å². The minimum Gasteiger partial charge on any atom is -0.392 e. The molecule has 1 aromatic rings. The molecular formula is C13H18BrNO. The van der Waals surface area contributed by atoms with Crippen molar-refractivity contribution in [2.45, 2.75) is 38.8 Å².